The van der Waals surface area contributed by atoms with Crippen molar-refractivity contribution in [2.75, 3.05) is 13.7 Å². The fourth-order valence-electron chi connectivity index (χ4n) is 2.15. The molecule has 1 N–H and O–H groups in total. The van der Waals surface area contributed by atoms with Crippen LogP contribution in [0.15, 0.2) is 17.0 Å². The van der Waals surface area contributed by atoms with Crippen LogP contribution in [0, 0.1) is 16.0 Å². The fourth-order valence-corrected chi connectivity index (χ4v) is 3.42. The first-order chi connectivity index (χ1) is 11.2. The van der Waals surface area contributed by atoms with Gasteiger partial charge in [0, 0.05) is 18.2 Å². The van der Waals surface area contributed by atoms with E-state index in [2.05, 4.69) is 0 Å². The SMILES string of the molecule is COc1cc([N+](=O)[O-])cc(C=C2SC(=S)N(CC(C)C)C2=O)c1O. The molecule has 0 aliphatic carbocycles. The fraction of sp³-hybridized carbons (Fsp3) is 0.333. The summed E-state index contributed by atoms with van der Waals surface area (Å²) in [6, 6.07) is 2.31. The molecule has 1 saturated heterocycles. The zero-order valence-electron chi connectivity index (χ0n) is 13.3. The number of rotatable bonds is 5. The molecular weight excluding hydrogens is 352 g/mol. The van der Waals surface area contributed by atoms with Gasteiger partial charge < -0.3 is 9.84 Å². The van der Waals surface area contributed by atoms with Crippen molar-refractivity contribution in [2.45, 2.75) is 13.8 Å². The second-order valence-electron chi connectivity index (χ2n) is 5.53. The van der Waals surface area contributed by atoms with E-state index < -0.39 is 4.92 Å². The van der Waals surface area contributed by atoms with Crippen LogP contribution in [0.5, 0.6) is 11.5 Å². The Morgan fingerprint density at radius 3 is 2.71 bits per heavy atom. The Labute approximate surface area is 148 Å². The van der Waals surface area contributed by atoms with Gasteiger partial charge in [0.15, 0.2) is 11.5 Å². The molecule has 1 heterocycles. The molecular formula is C15H16N2O5S2. The zero-order valence-corrected chi connectivity index (χ0v) is 14.9. The predicted octanol–water partition coefficient (Wildman–Crippen LogP) is 3.17. The summed E-state index contributed by atoms with van der Waals surface area (Å²) in [4.78, 5) is 24.6. The molecule has 0 radical (unpaired) electrons. The van der Waals surface area contributed by atoms with Gasteiger partial charge in [0.25, 0.3) is 11.6 Å². The molecule has 24 heavy (non-hydrogen) atoms. The standard InChI is InChI=1S/C15H16N2O5S2/c1-8(2)7-16-14(19)12(24-15(16)23)5-9-4-10(17(20)21)6-11(22-3)13(9)18/h4-6,8,18H,7H2,1-3H3. The molecule has 9 heteroatoms. The van der Waals surface area contributed by atoms with Crippen LogP contribution in [0.1, 0.15) is 19.4 Å². The summed E-state index contributed by atoms with van der Waals surface area (Å²) < 4.78 is 5.38. The molecule has 128 valence electrons. The minimum absolute atomic E-state index is 0.0342. The number of hydrogen-bond acceptors (Lipinski definition) is 7. The van der Waals surface area contributed by atoms with Gasteiger partial charge in [-0.3, -0.25) is 19.8 Å². The van der Waals surface area contributed by atoms with Gasteiger partial charge in [-0.15, -0.1) is 0 Å². The Hall–Kier alpha value is -2.13. The van der Waals surface area contributed by atoms with Gasteiger partial charge in [-0.2, -0.15) is 0 Å². The number of methoxy groups -OCH3 is 1. The Balaban J connectivity index is 2.44. The summed E-state index contributed by atoms with van der Waals surface area (Å²) in [5.74, 6) is -0.327. The molecule has 0 aromatic heterocycles. The van der Waals surface area contributed by atoms with E-state index in [0.717, 1.165) is 17.8 Å². The molecule has 2 rings (SSSR count). The van der Waals surface area contributed by atoms with Crippen LogP contribution < -0.4 is 4.74 Å². The highest BCUT2D eigenvalue weighted by Gasteiger charge is 2.32. The van der Waals surface area contributed by atoms with Crippen molar-refractivity contribution in [1.29, 1.82) is 0 Å². The summed E-state index contributed by atoms with van der Waals surface area (Å²) in [7, 11) is 1.30. The molecule has 1 fully saturated rings. The van der Waals surface area contributed by atoms with E-state index in [4.69, 9.17) is 17.0 Å². The number of nitrogens with zero attached hydrogens (tertiary/aromatic N) is 2. The summed E-state index contributed by atoms with van der Waals surface area (Å²) in [5, 5.41) is 21.2. The molecule has 1 aliphatic rings. The van der Waals surface area contributed by atoms with Crippen LogP contribution in [0.3, 0.4) is 0 Å². The average molecular weight is 368 g/mol. The minimum Gasteiger partial charge on any atom is -0.504 e. The van der Waals surface area contributed by atoms with Crippen molar-refractivity contribution >= 4 is 46.0 Å². The molecule has 1 amide bonds. The van der Waals surface area contributed by atoms with Crippen molar-refractivity contribution in [2.24, 2.45) is 5.92 Å². The third-order valence-corrected chi connectivity index (χ3v) is 4.61. The Bertz CT molecular complexity index is 746. The van der Waals surface area contributed by atoms with Crippen molar-refractivity contribution in [1.82, 2.24) is 4.90 Å². The normalized spacial score (nSPS) is 16.3. The number of benzene rings is 1. The number of amides is 1. The molecule has 7 nitrogen and oxygen atoms in total. The van der Waals surface area contributed by atoms with Crippen molar-refractivity contribution in [3.05, 3.63) is 32.7 Å². The number of thiocarbonyl (C=S) groups is 1. The summed E-state index contributed by atoms with van der Waals surface area (Å²) >= 11 is 6.31. The van der Waals surface area contributed by atoms with E-state index in [-0.39, 0.29) is 34.6 Å². The van der Waals surface area contributed by atoms with Crippen molar-refractivity contribution in [3.63, 3.8) is 0 Å². The molecule has 0 unspecified atom stereocenters. The molecule has 0 saturated carbocycles. The third kappa shape index (κ3) is 3.68. The van der Waals surface area contributed by atoms with Crippen LogP contribution >= 0.6 is 24.0 Å². The van der Waals surface area contributed by atoms with Crippen LogP contribution in [0.4, 0.5) is 5.69 Å². The lowest BCUT2D eigenvalue weighted by molar-refractivity contribution is -0.385. The van der Waals surface area contributed by atoms with Gasteiger partial charge in [0.2, 0.25) is 0 Å². The van der Waals surface area contributed by atoms with Gasteiger partial charge in [0.05, 0.1) is 23.0 Å². The average Bonchev–Trinajstić information content (AvgIpc) is 2.76. The lowest BCUT2D eigenvalue weighted by atomic mass is 10.1. The second-order valence-corrected chi connectivity index (χ2v) is 7.20. The smallest absolute Gasteiger partial charge is 0.274 e. The number of hydrogen-bond donors (Lipinski definition) is 1. The van der Waals surface area contributed by atoms with Crippen LogP contribution in [-0.2, 0) is 4.79 Å². The van der Waals surface area contributed by atoms with E-state index in [1.165, 1.54) is 24.2 Å². The monoisotopic (exact) mass is 368 g/mol. The van der Waals surface area contributed by atoms with E-state index in [9.17, 15) is 20.0 Å². The van der Waals surface area contributed by atoms with E-state index in [1.807, 2.05) is 13.8 Å². The largest absolute Gasteiger partial charge is 0.504 e. The van der Waals surface area contributed by atoms with Gasteiger partial charge in [-0.05, 0) is 12.0 Å². The maximum absolute atomic E-state index is 12.4. The topological polar surface area (TPSA) is 92.9 Å². The Morgan fingerprint density at radius 2 is 2.17 bits per heavy atom. The lowest BCUT2D eigenvalue weighted by Gasteiger charge is -2.16. The van der Waals surface area contributed by atoms with Crippen molar-refractivity contribution in [3.8, 4) is 11.5 Å². The van der Waals surface area contributed by atoms with Crippen molar-refractivity contribution < 1.29 is 19.6 Å². The highest BCUT2D eigenvalue weighted by molar-refractivity contribution is 8.26. The quantitative estimate of drug-likeness (QED) is 0.369. The summed E-state index contributed by atoms with van der Waals surface area (Å²) in [6.07, 6.45) is 1.39. The molecule has 0 bridgehead atoms. The first-order valence-corrected chi connectivity index (χ1v) is 8.27. The maximum atomic E-state index is 12.4. The number of carbonyl (C=O) groups is 1. The summed E-state index contributed by atoms with van der Waals surface area (Å²) in [5.41, 5.74) is -0.111. The van der Waals surface area contributed by atoms with E-state index in [1.54, 1.807) is 0 Å². The maximum Gasteiger partial charge on any atom is 0.274 e. The molecule has 0 atom stereocenters. The first-order valence-electron chi connectivity index (χ1n) is 7.05. The summed E-state index contributed by atoms with van der Waals surface area (Å²) in [6.45, 7) is 4.44. The van der Waals surface area contributed by atoms with Gasteiger partial charge in [0.1, 0.15) is 4.32 Å². The van der Waals surface area contributed by atoms with E-state index >= 15 is 0 Å². The lowest BCUT2D eigenvalue weighted by Crippen LogP contribution is -2.31. The Morgan fingerprint density at radius 1 is 1.50 bits per heavy atom. The number of thioether (sulfide) groups is 1. The Kier molecular flexibility index (Phi) is 5.45. The first kappa shape index (κ1) is 18.2. The molecule has 1 aromatic rings. The number of nitro groups is 1. The number of aromatic hydroxyl groups is 1. The van der Waals surface area contributed by atoms with Crippen LogP contribution in [-0.4, -0.2) is 38.8 Å². The van der Waals surface area contributed by atoms with E-state index in [0.29, 0.717) is 15.8 Å². The highest BCUT2D eigenvalue weighted by atomic mass is 32.2. The number of phenols is 1. The molecule has 1 aromatic carbocycles. The number of nitro benzene ring substituents is 1. The van der Waals surface area contributed by atoms with Gasteiger partial charge in [-0.25, -0.2) is 0 Å². The molecule has 1 aliphatic heterocycles. The number of phenolic OH excluding ortho intramolecular Hbond substituents is 1. The predicted molar refractivity (Wildman–Crippen MR) is 96.0 cm³/mol. The number of non-ortho nitro benzene ring substituents is 1. The highest BCUT2D eigenvalue weighted by Crippen LogP contribution is 2.39. The number of carbonyl (C=O) groups excluding carboxylic acids is 1. The van der Waals surface area contributed by atoms with Gasteiger partial charge in [-0.1, -0.05) is 37.8 Å². The third-order valence-electron chi connectivity index (χ3n) is 3.23. The second kappa shape index (κ2) is 7.18. The van der Waals surface area contributed by atoms with Crippen LogP contribution in [0.2, 0.25) is 0 Å². The minimum atomic E-state index is -0.594. The van der Waals surface area contributed by atoms with Crippen LogP contribution in [0.25, 0.3) is 6.08 Å². The zero-order chi connectivity index (χ0) is 18.0. The van der Waals surface area contributed by atoms with Gasteiger partial charge >= 0.3 is 0 Å². The number of ether oxygens (including phenoxy) is 1. The molecule has 0 spiro atoms.